The molecule has 1 saturated heterocycles. The maximum atomic E-state index is 14.0. The monoisotopic (exact) mass is 417 g/mol. The number of carbonyl (C=O) groups is 2. The van der Waals surface area contributed by atoms with Gasteiger partial charge in [0.05, 0.1) is 0 Å². The van der Waals surface area contributed by atoms with Gasteiger partial charge in [-0.1, -0.05) is 35.9 Å². The Morgan fingerprint density at radius 2 is 1.79 bits per heavy atom. The van der Waals surface area contributed by atoms with E-state index in [1.54, 1.807) is 23.1 Å². The van der Waals surface area contributed by atoms with Crippen LogP contribution >= 0.6 is 11.6 Å². The lowest BCUT2D eigenvalue weighted by Gasteiger charge is -2.35. The quantitative estimate of drug-likeness (QED) is 0.785. The fourth-order valence-electron chi connectivity index (χ4n) is 3.43. The van der Waals surface area contributed by atoms with Gasteiger partial charge in [-0.3, -0.25) is 14.5 Å². The Bertz CT molecular complexity index is 862. The molecular weight excluding hydrogens is 393 g/mol. The van der Waals surface area contributed by atoms with E-state index in [2.05, 4.69) is 10.2 Å². The molecule has 1 N–H and O–H groups in total. The van der Waals surface area contributed by atoms with Gasteiger partial charge in [-0.15, -0.1) is 0 Å². The first kappa shape index (κ1) is 21.3. The largest absolute Gasteiger partial charge is 0.352 e. The number of piperazine rings is 1. The highest BCUT2D eigenvalue weighted by molar-refractivity contribution is 6.31. The molecule has 2 aromatic rings. The van der Waals surface area contributed by atoms with Crippen molar-refractivity contribution in [1.82, 2.24) is 15.1 Å². The summed E-state index contributed by atoms with van der Waals surface area (Å²) in [6, 6.07) is 12.0. The Morgan fingerprint density at radius 1 is 1.07 bits per heavy atom. The molecule has 0 unspecified atom stereocenters. The maximum Gasteiger partial charge on any atom is 0.251 e. The molecular formula is C22H25ClFN3O2. The molecule has 0 saturated carbocycles. The molecule has 0 spiro atoms. The third-order valence-corrected chi connectivity index (χ3v) is 5.54. The van der Waals surface area contributed by atoms with Crippen LogP contribution in [0.15, 0.2) is 42.5 Å². The van der Waals surface area contributed by atoms with E-state index in [1.165, 1.54) is 6.07 Å². The van der Waals surface area contributed by atoms with Crippen molar-refractivity contribution in [2.45, 2.75) is 19.9 Å². The first-order valence-corrected chi connectivity index (χ1v) is 10.1. The van der Waals surface area contributed by atoms with Crippen molar-refractivity contribution in [2.75, 3.05) is 32.7 Å². The van der Waals surface area contributed by atoms with E-state index in [4.69, 9.17) is 11.6 Å². The fourth-order valence-corrected chi connectivity index (χ4v) is 3.65. The van der Waals surface area contributed by atoms with Gasteiger partial charge in [0.15, 0.2) is 0 Å². The zero-order valence-electron chi connectivity index (χ0n) is 16.5. The molecule has 3 rings (SSSR count). The van der Waals surface area contributed by atoms with Crippen molar-refractivity contribution in [1.29, 1.82) is 0 Å². The normalized spacial score (nSPS) is 14.7. The first-order chi connectivity index (χ1) is 14.0. The number of hydrogen-bond donors (Lipinski definition) is 1. The zero-order valence-corrected chi connectivity index (χ0v) is 17.2. The molecule has 1 aliphatic heterocycles. The van der Waals surface area contributed by atoms with Gasteiger partial charge < -0.3 is 10.2 Å². The van der Waals surface area contributed by atoms with Crippen LogP contribution in [0, 0.1) is 12.7 Å². The molecule has 1 heterocycles. The number of nitrogens with one attached hydrogen (secondary N) is 1. The molecule has 0 aromatic heterocycles. The van der Waals surface area contributed by atoms with Crippen molar-refractivity contribution in [3.8, 4) is 0 Å². The summed E-state index contributed by atoms with van der Waals surface area (Å²) in [6.45, 7) is 5.09. The van der Waals surface area contributed by atoms with E-state index < -0.39 is 0 Å². The second-order valence-corrected chi connectivity index (χ2v) is 7.59. The molecule has 0 atom stereocenters. The second-order valence-electron chi connectivity index (χ2n) is 7.18. The van der Waals surface area contributed by atoms with Gasteiger partial charge >= 0.3 is 0 Å². The lowest BCUT2D eigenvalue weighted by molar-refractivity contribution is -0.132. The van der Waals surface area contributed by atoms with E-state index in [9.17, 15) is 14.0 Å². The van der Waals surface area contributed by atoms with Gasteiger partial charge in [0, 0.05) is 61.8 Å². The third kappa shape index (κ3) is 5.55. The van der Waals surface area contributed by atoms with Gasteiger partial charge in [-0.05, 0) is 30.7 Å². The summed E-state index contributed by atoms with van der Waals surface area (Å²) < 4.78 is 14.0. The van der Waals surface area contributed by atoms with Gasteiger partial charge in [-0.2, -0.15) is 0 Å². The van der Waals surface area contributed by atoms with Crippen LogP contribution < -0.4 is 5.32 Å². The van der Waals surface area contributed by atoms with Crippen molar-refractivity contribution in [2.24, 2.45) is 0 Å². The summed E-state index contributed by atoms with van der Waals surface area (Å²) in [4.78, 5) is 28.5. The Balaban J connectivity index is 1.42. The molecule has 5 nitrogen and oxygen atoms in total. The summed E-state index contributed by atoms with van der Waals surface area (Å²) in [5.74, 6) is -0.457. The predicted octanol–water partition coefficient (Wildman–Crippen LogP) is 3.25. The molecule has 154 valence electrons. The Hall–Kier alpha value is -2.44. The van der Waals surface area contributed by atoms with Crippen LogP contribution in [0.25, 0.3) is 0 Å². The van der Waals surface area contributed by atoms with Crippen LogP contribution in [0.3, 0.4) is 0 Å². The zero-order chi connectivity index (χ0) is 20.8. The number of amides is 2. The van der Waals surface area contributed by atoms with E-state index in [0.717, 1.165) is 5.56 Å². The molecule has 7 heteroatoms. The van der Waals surface area contributed by atoms with Gasteiger partial charge in [0.25, 0.3) is 5.91 Å². The van der Waals surface area contributed by atoms with Gasteiger partial charge in [-0.25, -0.2) is 4.39 Å². The number of hydrogen-bond acceptors (Lipinski definition) is 3. The minimum absolute atomic E-state index is 0.0126. The minimum atomic E-state index is -0.305. The minimum Gasteiger partial charge on any atom is -0.352 e. The Labute approximate surface area is 175 Å². The number of rotatable bonds is 6. The predicted molar refractivity (Wildman–Crippen MR) is 111 cm³/mol. The number of aryl methyl sites for hydroxylation is 1. The fraction of sp³-hybridized carbons (Fsp3) is 0.364. The number of benzene rings is 2. The molecule has 2 amide bonds. The smallest absolute Gasteiger partial charge is 0.251 e. The van der Waals surface area contributed by atoms with Crippen molar-refractivity contribution in [3.63, 3.8) is 0 Å². The summed E-state index contributed by atoms with van der Waals surface area (Å²) >= 11 is 6.10. The standard InChI is InChI=1S/C22H25ClFN3O2/c1-16-5-2-3-6-17(16)22(29)25-10-9-21(28)27-13-11-26(12-14-27)15-18-19(23)7-4-8-20(18)24/h2-8H,9-15H2,1H3,(H,25,29). The van der Waals surface area contributed by atoms with Crippen LogP contribution in [0.4, 0.5) is 4.39 Å². The average Bonchev–Trinajstić information content (AvgIpc) is 2.71. The van der Waals surface area contributed by atoms with Crippen molar-refractivity contribution < 1.29 is 14.0 Å². The average molecular weight is 418 g/mol. The van der Waals surface area contributed by atoms with E-state index in [1.807, 2.05) is 25.1 Å². The lowest BCUT2D eigenvalue weighted by atomic mass is 10.1. The SMILES string of the molecule is Cc1ccccc1C(=O)NCCC(=O)N1CCN(Cc2c(F)cccc2Cl)CC1. The highest BCUT2D eigenvalue weighted by Gasteiger charge is 2.22. The Kier molecular flexibility index (Phi) is 7.23. The van der Waals surface area contributed by atoms with Crippen LogP contribution in [0.5, 0.6) is 0 Å². The summed E-state index contributed by atoms with van der Waals surface area (Å²) in [5.41, 5.74) is 2.02. The molecule has 0 radical (unpaired) electrons. The van der Waals surface area contributed by atoms with E-state index >= 15 is 0 Å². The van der Waals surface area contributed by atoms with Crippen LogP contribution in [-0.2, 0) is 11.3 Å². The van der Waals surface area contributed by atoms with E-state index in [0.29, 0.717) is 55.4 Å². The highest BCUT2D eigenvalue weighted by atomic mass is 35.5. The number of halogens is 2. The van der Waals surface area contributed by atoms with Gasteiger partial charge in [0.2, 0.25) is 5.91 Å². The highest BCUT2D eigenvalue weighted by Crippen LogP contribution is 2.21. The van der Waals surface area contributed by atoms with Crippen molar-refractivity contribution in [3.05, 3.63) is 70.0 Å². The van der Waals surface area contributed by atoms with Gasteiger partial charge in [0.1, 0.15) is 5.82 Å². The first-order valence-electron chi connectivity index (χ1n) is 9.72. The van der Waals surface area contributed by atoms with Crippen LogP contribution in [0.1, 0.15) is 27.9 Å². The lowest BCUT2D eigenvalue weighted by Crippen LogP contribution is -2.48. The van der Waals surface area contributed by atoms with E-state index in [-0.39, 0.29) is 24.1 Å². The van der Waals surface area contributed by atoms with Crippen molar-refractivity contribution >= 4 is 23.4 Å². The summed E-state index contributed by atoms with van der Waals surface area (Å²) in [6.07, 6.45) is 0.261. The third-order valence-electron chi connectivity index (χ3n) is 5.18. The number of carbonyl (C=O) groups excluding carboxylic acids is 2. The summed E-state index contributed by atoms with van der Waals surface area (Å²) in [5, 5.41) is 3.23. The molecule has 2 aromatic carbocycles. The molecule has 1 fully saturated rings. The topological polar surface area (TPSA) is 52.7 Å². The molecule has 0 bridgehead atoms. The maximum absolute atomic E-state index is 14.0. The Morgan fingerprint density at radius 3 is 2.48 bits per heavy atom. The molecule has 0 aliphatic carbocycles. The number of nitrogens with zero attached hydrogens (tertiary/aromatic N) is 2. The molecule has 29 heavy (non-hydrogen) atoms. The van der Waals surface area contributed by atoms with Crippen LogP contribution in [0.2, 0.25) is 5.02 Å². The second kappa shape index (κ2) is 9.85. The molecule has 1 aliphatic rings. The van der Waals surface area contributed by atoms with Crippen LogP contribution in [-0.4, -0.2) is 54.3 Å². The summed E-state index contributed by atoms with van der Waals surface area (Å²) in [7, 11) is 0.